The maximum absolute atomic E-state index is 13.8. The Morgan fingerprint density at radius 3 is 2.55 bits per heavy atom. The number of benzene rings is 1. The van der Waals surface area contributed by atoms with Crippen LogP contribution >= 0.6 is 0 Å². The van der Waals surface area contributed by atoms with Gasteiger partial charge in [0.05, 0.1) is 0 Å². The van der Waals surface area contributed by atoms with Crippen LogP contribution < -0.4 is 5.73 Å². The topological polar surface area (TPSA) is 26.0 Å². The summed E-state index contributed by atoms with van der Waals surface area (Å²) < 4.78 is 27.1. The molecule has 0 amide bonds. The first kappa shape index (κ1) is 15.4. The molecule has 1 saturated carbocycles. The van der Waals surface area contributed by atoms with Gasteiger partial charge in [-0.15, -0.1) is 0 Å². The molecule has 0 radical (unpaired) electrons. The lowest BCUT2D eigenvalue weighted by atomic mass is 9.67. The Balaban J connectivity index is 2.07. The second kappa shape index (κ2) is 6.66. The van der Waals surface area contributed by atoms with Crippen molar-refractivity contribution < 1.29 is 8.78 Å². The highest BCUT2D eigenvalue weighted by molar-refractivity contribution is 5.20. The van der Waals surface area contributed by atoms with Gasteiger partial charge < -0.3 is 5.73 Å². The van der Waals surface area contributed by atoms with Crippen molar-refractivity contribution in [3.8, 4) is 0 Å². The summed E-state index contributed by atoms with van der Waals surface area (Å²) in [5.41, 5.74) is 6.41. The van der Waals surface area contributed by atoms with Crippen LogP contribution in [0.3, 0.4) is 0 Å². The molecule has 1 aromatic carbocycles. The fourth-order valence-electron chi connectivity index (χ4n) is 3.52. The zero-order chi connectivity index (χ0) is 14.6. The minimum atomic E-state index is -0.367. The van der Waals surface area contributed by atoms with Crippen LogP contribution in [-0.2, 0) is 6.42 Å². The van der Waals surface area contributed by atoms with E-state index in [4.69, 9.17) is 5.73 Å². The van der Waals surface area contributed by atoms with E-state index in [-0.39, 0.29) is 17.0 Å². The average molecular weight is 281 g/mol. The second-order valence-corrected chi connectivity index (χ2v) is 6.35. The first-order valence-corrected chi connectivity index (χ1v) is 7.72. The molecule has 0 bridgehead atoms. The Bertz CT molecular complexity index is 437. The van der Waals surface area contributed by atoms with Crippen LogP contribution in [-0.4, -0.2) is 6.54 Å². The Labute approximate surface area is 120 Å². The van der Waals surface area contributed by atoms with E-state index in [0.717, 1.165) is 18.8 Å². The van der Waals surface area contributed by atoms with Crippen LogP contribution in [0.4, 0.5) is 8.78 Å². The summed E-state index contributed by atoms with van der Waals surface area (Å²) in [6, 6.07) is 3.72. The van der Waals surface area contributed by atoms with Crippen molar-refractivity contribution in [3.05, 3.63) is 35.4 Å². The van der Waals surface area contributed by atoms with E-state index >= 15 is 0 Å². The molecular formula is C17H25F2N. The molecule has 2 rings (SSSR count). The summed E-state index contributed by atoms with van der Waals surface area (Å²) in [4.78, 5) is 0. The largest absolute Gasteiger partial charge is 0.330 e. The average Bonchev–Trinajstić information content (AvgIpc) is 2.45. The van der Waals surface area contributed by atoms with Crippen molar-refractivity contribution in [3.63, 3.8) is 0 Å². The van der Waals surface area contributed by atoms with Gasteiger partial charge in [-0.25, -0.2) is 8.78 Å². The van der Waals surface area contributed by atoms with Crippen molar-refractivity contribution >= 4 is 0 Å². The van der Waals surface area contributed by atoms with Crippen LogP contribution in [0.5, 0.6) is 0 Å². The lowest BCUT2D eigenvalue weighted by Crippen LogP contribution is -2.37. The molecule has 2 N–H and O–H groups in total. The standard InChI is InChI=1S/C17H25F2N/c1-2-3-13-6-8-17(12-20,9-7-13)11-14-10-15(18)4-5-16(14)19/h4-5,10,13H,2-3,6-9,11-12,20H2,1H3. The van der Waals surface area contributed by atoms with Crippen LogP contribution in [0.15, 0.2) is 18.2 Å². The van der Waals surface area contributed by atoms with Crippen LogP contribution in [0.25, 0.3) is 0 Å². The Hall–Kier alpha value is -0.960. The molecular weight excluding hydrogens is 256 g/mol. The normalized spacial score (nSPS) is 26.7. The molecule has 112 valence electrons. The van der Waals surface area contributed by atoms with Gasteiger partial charge in [-0.2, -0.15) is 0 Å². The molecule has 3 heteroatoms. The summed E-state index contributed by atoms with van der Waals surface area (Å²) in [5.74, 6) is 0.111. The van der Waals surface area contributed by atoms with E-state index in [0.29, 0.717) is 18.5 Å². The van der Waals surface area contributed by atoms with Crippen molar-refractivity contribution in [1.29, 1.82) is 0 Å². The zero-order valence-corrected chi connectivity index (χ0v) is 12.3. The summed E-state index contributed by atoms with van der Waals surface area (Å²) in [6.45, 7) is 2.77. The Morgan fingerprint density at radius 1 is 1.25 bits per heavy atom. The third-order valence-electron chi connectivity index (χ3n) is 4.87. The van der Waals surface area contributed by atoms with Crippen LogP contribution in [0, 0.1) is 23.0 Å². The Kier molecular flexibility index (Phi) is 5.14. The van der Waals surface area contributed by atoms with E-state index in [1.165, 1.54) is 43.9 Å². The zero-order valence-electron chi connectivity index (χ0n) is 12.3. The highest BCUT2D eigenvalue weighted by atomic mass is 19.1. The smallest absolute Gasteiger partial charge is 0.126 e. The first-order chi connectivity index (χ1) is 9.58. The third-order valence-corrected chi connectivity index (χ3v) is 4.87. The fourth-order valence-corrected chi connectivity index (χ4v) is 3.52. The molecule has 0 atom stereocenters. The lowest BCUT2D eigenvalue weighted by Gasteiger charge is -2.40. The van der Waals surface area contributed by atoms with Crippen molar-refractivity contribution in [1.82, 2.24) is 0 Å². The summed E-state index contributed by atoms with van der Waals surface area (Å²) >= 11 is 0. The highest BCUT2D eigenvalue weighted by Crippen LogP contribution is 2.42. The summed E-state index contributed by atoms with van der Waals surface area (Å²) in [5, 5.41) is 0. The molecule has 1 fully saturated rings. The maximum Gasteiger partial charge on any atom is 0.126 e. The number of halogens is 2. The SMILES string of the molecule is CCCC1CCC(CN)(Cc2cc(F)ccc2F)CC1. The van der Waals surface area contributed by atoms with E-state index in [2.05, 4.69) is 6.92 Å². The van der Waals surface area contributed by atoms with Gasteiger partial charge in [-0.3, -0.25) is 0 Å². The number of rotatable bonds is 5. The second-order valence-electron chi connectivity index (χ2n) is 6.35. The summed E-state index contributed by atoms with van der Waals surface area (Å²) in [7, 11) is 0. The molecule has 1 nitrogen and oxygen atoms in total. The van der Waals surface area contributed by atoms with E-state index < -0.39 is 0 Å². The van der Waals surface area contributed by atoms with Crippen molar-refractivity contribution in [2.45, 2.75) is 51.9 Å². The minimum absolute atomic E-state index is 0.0428. The van der Waals surface area contributed by atoms with Gasteiger partial charge >= 0.3 is 0 Å². The molecule has 20 heavy (non-hydrogen) atoms. The number of nitrogens with two attached hydrogens (primary N) is 1. The van der Waals surface area contributed by atoms with E-state index in [9.17, 15) is 8.78 Å². The van der Waals surface area contributed by atoms with Crippen molar-refractivity contribution in [2.24, 2.45) is 17.1 Å². The van der Waals surface area contributed by atoms with Gasteiger partial charge in [-0.05, 0) is 73.7 Å². The molecule has 0 aliphatic heterocycles. The number of hydrogen-bond acceptors (Lipinski definition) is 1. The molecule has 1 aliphatic carbocycles. The van der Waals surface area contributed by atoms with Gasteiger partial charge in [0.15, 0.2) is 0 Å². The third kappa shape index (κ3) is 3.57. The van der Waals surface area contributed by atoms with Gasteiger partial charge in [0, 0.05) is 0 Å². The van der Waals surface area contributed by atoms with Gasteiger partial charge in [0.25, 0.3) is 0 Å². The first-order valence-electron chi connectivity index (χ1n) is 7.72. The van der Waals surface area contributed by atoms with Crippen LogP contribution in [0.2, 0.25) is 0 Å². The Morgan fingerprint density at radius 2 is 1.95 bits per heavy atom. The van der Waals surface area contributed by atoms with Crippen molar-refractivity contribution in [2.75, 3.05) is 6.54 Å². The predicted octanol–water partition coefficient (Wildman–Crippen LogP) is 4.44. The highest BCUT2D eigenvalue weighted by Gasteiger charge is 2.34. The molecule has 0 heterocycles. The van der Waals surface area contributed by atoms with E-state index in [1.54, 1.807) is 0 Å². The molecule has 1 aromatic rings. The molecule has 0 spiro atoms. The maximum atomic E-state index is 13.8. The molecule has 0 saturated heterocycles. The van der Waals surface area contributed by atoms with Gasteiger partial charge in [0.1, 0.15) is 11.6 Å². The monoisotopic (exact) mass is 281 g/mol. The summed E-state index contributed by atoms with van der Waals surface area (Å²) in [6.07, 6.45) is 7.46. The number of hydrogen-bond donors (Lipinski definition) is 1. The van der Waals surface area contributed by atoms with E-state index in [1.807, 2.05) is 0 Å². The molecule has 0 aromatic heterocycles. The predicted molar refractivity (Wildman–Crippen MR) is 78.4 cm³/mol. The minimum Gasteiger partial charge on any atom is -0.330 e. The lowest BCUT2D eigenvalue weighted by molar-refractivity contribution is 0.149. The van der Waals surface area contributed by atoms with Crippen LogP contribution in [0.1, 0.15) is 51.0 Å². The van der Waals surface area contributed by atoms with Gasteiger partial charge in [-0.1, -0.05) is 19.8 Å². The quantitative estimate of drug-likeness (QED) is 0.848. The molecule has 0 unspecified atom stereocenters. The fraction of sp³-hybridized carbons (Fsp3) is 0.647. The van der Waals surface area contributed by atoms with Gasteiger partial charge in [0.2, 0.25) is 0 Å². The molecule has 1 aliphatic rings.